The van der Waals surface area contributed by atoms with Gasteiger partial charge >= 0.3 is 0 Å². The summed E-state index contributed by atoms with van der Waals surface area (Å²) in [6, 6.07) is 22.9. The monoisotopic (exact) mass is 422 g/mol. The number of hydrogen-bond acceptors (Lipinski definition) is 3. The van der Waals surface area contributed by atoms with Gasteiger partial charge in [-0.05, 0) is 54.5 Å². The maximum Gasteiger partial charge on any atom is 0.255 e. The first-order chi connectivity index (χ1) is 14.6. The summed E-state index contributed by atoms with van der Waals surface area (Å²) in [5, 5.41) is 3.37. The third-order valence-electron chi connectivity index (χ3n) is 5.00. The van der Waals surface area contributed by atoms with Crippen molar-refractivity contribution in [3.63, 3.8) is 0 Å². The number of hydrogen-bond donors (Lipinski definition) is 1. The van der Waals surface area contributed by atoms with Gasteiger partial charge in [-0.15, -0.1) is 0 Å². The Balaban J connectivity index is 1.59. The molecule has 0 fully saturated rings. The predicted molar refractivity (Wildman–Crippen MR) is 125 cm³/mol. The van der Waals surface area contributed by atoms with E-state index >= 15 is 0 Å². The molecule has 3 aromatic rings. The van der Waals surface area contributed by atoms with Crippen LogP contribution in [0.3, 0.4) is 0 Å². The fraction of sp³-hybridized carbons (Fsp3) is 0.240. The van der Waals surface area contributed by atoms with Crippen LogP contribution in [0.15, 0.2) is 72.8 Å². The minimum atomic E-state index is -0.180. The second-order valence-corrected chi connectivity index (χ2v) is 7.33. The lowest BCUT2D eigenvalue weighted by atomic mass is 10.0. The first kappa shape index (κ1) is 21.9. The summed E-state index contributed by atoms with van der Waals surface area (Å²) in [6.45, 7) is 7.66. The van der Waals surface area contributed by atoms with Crippen LogP contribution in [0.25, 0.3) is 11.1 Å². The van der Waals surface area contributed by atoms with E-state index in [1.807, 2.05) is 54.6 Å². The van der Waals surface area contributed by atoms with Crippen LogP contribution in [-0.2, 0) is 0 Å². The van der Waals surface area contributed by atoms with Crippen LogP contribution < -0.4 is 10.1 Å². The van der Waals surface area contributed by atoms with Gasteiger partial charge in [-0.25, -0.2) is 0 Å². The number of rotatable bonds is 9. The van der Waals surface area contributed by atoms with E-state index in [2.05, 4.69) is 24.1 Å². The number of benzene rings is 3. The van der Waals surface area contributed by atoms with Crippen molar-refractivity contribution in [2.24, 2.45) is 0 Å². The van der Waals surface area contributed by atoms with E-state index in [4.69, 9.17) is 16.3 Å². The van der Waals surface area contributed by atoms with Gasteiger partial charge in [0.15, 0.2) is 0 Å². The summed E-state index contributed by atoms with van der Waals surface area (Å²) in [5.41, 5.74) is 3.41. The Labute approximate surface area is 183 Å². The normalized spacial score (nSPS) is 10.8. The number of halogens is 1. The largest absolute Gasteiger partial charge is 0.491 e. The molecule has 0 bridgehead atoms. The van der Waals surface area contributed by atoms with E-state index in [-0.39, 0.29) is 5.91 Å². The quantitative estimate of drug-likeness (QED) is 0.461. The number of nitrogens with zero attached hydrogens (tertiary/aromatic N) is 1. The highest BCUT2D eigenvalue weighted by molar-refractivity contribution is 6.32. The highest BCUT2D eigenvalue weighted by Gasteiger charge is 2.09. The molecule has 1 N–H and O–H groups in total. The highest BCUT2D eigenvalue weighted by Crippen LogP contribution is 2.28. The second kappa shape index (κ2) is 10.8. The molecule has 0 aliphatic rings. The zero-order valence-corrected chi connectivity index (χ0v) is 18.2. The SMILES string of the molecule is CCN(CC)CCOc1ccc(NC(=O)c2ccc(-c3ccccc3)cc2)cc1Cl. The fourth-order valence-corrected chi connectivity index (χ4v) is 3.40. The van der Waals surface area contributed by atoms with Crippen molar-refractivity contribution in [1.29, 1.82) is 0 Å². The van der Waals surface area contributed by atoms with Crippen molar-refractivity contribution >= 4 is 23.2 Å². The van der Waals surface area contributed by atoms with Crippen LogP contribution >= 0.6 is 11.6 Å². The van der Waals surface area contributed by atoms with Crippen molar-refractivity contribution in [1.82, 2.24) is 4.90 Å². The molecule has 0 radical (unpaired) electrons. The zero-order chi connectivity index (χ0) is 21.3. The van der Waals surface area contributed by atoms with E-state index in [0.29, 0.717) is 28.6 Å². The second-order valence-electron chi connectivity index (χ2n) is 6.92. The van der Waals surface area contributed by atoms with Gasteiger partial charge in [-0.3, -0.25) is 4.79 Å². The number of ether oxygens (including phenoxy) is 1. The molecule has 1 amide bonds. The molecule has 4 nitrogen and oxygen atoms in total. The molecule has 0 spiro atoms. The molecule has 0 heterocycles. The summed E-state index contributed by atoms with van der Waals surface area (Å²) < 4.78 is 5.78. The van der Waals surface area contributed by atoms with Crippen LogP contribution in [0.5, 0.6) is 5.75 Å². The first-order valence-corrected chi connectivity index (χ1v) is 10.6. The van der Waals surface area contributed by atoms with Crippen LogP contribution in [0, 0.1) is 0 Å². The number of nitrogens with one attached hydrogen (secondary N) is 1. The molecule has 3 aromatic carbocycles. The topological polar surface area (TPSA) is 41.6 Å². The van der Waals surface area contributed by atoms with Crippen LogP contribution in [-0.4, -0.2) is 37.0 Å². The van der Waals surface area contributed by atoms with Gasteiger partial charge in [0.25, 0.3) is 5.91 Å². The van der Waals surface area contributed by atoms with E-state index < -0.39 is 0 Å². The van der Waals surface area contributed by atoms with Gasteiger partial charge in [0, 0.05) is 17.8 Å². The molecular formula is C25H27ClN2O2. The molecule has 156 valence electrons. The van der Waals surface area contributed by atoms with E-state index in [1.54, 1.807) is 18.2 Å². The third kappa shape index (κ3) is 5.85. The smallest absolute Gasteiger partial charge is 0.255 e. The lowest BCUT2D eigenvalue weighted by molar-refractivity contribution is 0.102. The first-order valence-electron chi connectivity index (χ1n) is 10.2. The van der Waals surface area contributed by atoms with Gasteiger partial charge < -0.3 is 15.0 Å². The molecule has 30 heavy (non-hydrogen) atoms. The average Bonchev–Trinajstić information content (AvgIpc) is 2.79. The summed E-state index contributed by atoms with van der Waals surface area (Å²) in [6.07, 6.45) is 0. The van der Waals surface area contributed by atoms with Gasteiger partial charge in [-0.1, -0.05) is 67.9 Å². The highest BCUT2D eigenvalue weighted by atomic mass is 35.5. The van der Waals surface area contributed by atoms with Gasteiger partial charge in [-0.2, -0.15) is 0 Å². The van der Waals surface area contributed by atoms with Crippen LogP contribution in [0.4, 0.5) is 5.69 Å². The van der Waals surface area contributed by atoms with Crippen molar-refractivity contribution in [3.8, 4) is 16.9 Å². The minimum Gasteiger partial charge on any atom is -0.491 e. The Morgan fingerprint density at radius 3 is 2.23 bits per heavy atom. The minimum absolute atomic E-state index is 0.180. The molecule has 0 aliphatic carbocycles. The average molecular weight is 423 g/mol. The maximum absolute atomic E-state index is 12.6. The number of amides is 1. The van der Waals surface area contributed by atoms with Crippen molar-refractivity contribution < 1.29 is 9.53 Å². The molecule has 0 aliphatic heterocycles. The Bertz CT molecular complexity index is 955. The van der Waals surface area contributed by atoms with Crippen LogP contribution in [0.1, 0.15) is 24.2 Å². The lowest BCUT2D eigenvalue weighted by Crippen LogP contribution is -2.27. The fourth-order valence-electron chi connectivity index (χ4n) is 3.17. The number of anilines is 1. The van der Waals surface area contributed by atoms with Gasteiger partial charge in [0.05, 0.1) is 5.02 Å². The van der Waals surface area contributed by atoms with E-state index in [1.165, 1.54) is 0 Å². The predicted octanol–water partition coefficient (Wildman–Crippen LogP) is 5.98. The third-order valence-corrected chi connectivity index (χ3v) is 5.30. The molecular weight excluding hydrogens is 396 g/mol. The van der Waals surface area contributed by atoms with Crippen molar-refractivity contribution in [2.45, 2.75) is 13.8 Å². The van der Waals surface area contributed by atoms with E-state index in [0.717, 1.165) is 30.8 Å². The summed E-state index contributed by atoms with van der Waals surface area (Å²) in [7, 11) is 0. The van der Waals surface area contributed by atoms with Crippen molar-refractivity contribution in [3.05, 3.63) is 83.4 Å². The number of likely N-dealkylation sites (N-methyl/N-ethyl adjacent to an activating group) is 1. The molecule has 0 atom stereocenters. The Morgan fingerprint density at radius 1 is 0.933 bits per heavy atom. The molecule has 0 saturated carbocycles. The number of carbonyl (C=O) groups excluding carboxylic acids is 1. The molecule has 0 unspecified atom stereocenters. The maximum atomic E-state index is 12.6. The zero-order valence-electron chi connectivity index (χ0n) is 17.4. The van der Waals surface area contributed by atoms with Gasteiger partial charge in [0.2, 0.25) is 0 Å². The standard InChI is InChI=1S/C25H27ClN2O2/c1-3-28(4-2)16-17-30-24-15-14-22(18-23(24)26)27-25(29)21-12-10-20(11-13-21)19-8-6-5-7-9-19/h5-15,18H,3-4,16-17H2,1-2H3,(H,27,29). The Kier molecular flexibility index (Phi) is 7.89. The lowest BCUT2D eigenvalue weighted by Gasteiger charge is -2.18. The van der Waals surface area contributed by atoms with Crippen LogP contribution in [0.2, 0.25) is 5.02 Å². The Morgan fingerprint density at radius 2 is 1.60 bits per heavy atom. The summed E-state index contributed by atoms with van der Waals surface area (Å²) >= 11 is 6.34. The number of carbonyl (C=O) groups is 1. The van der Waals surface area contributed by atoms with E-state index in [9.17, 15) is 4.79 Å². The molecule has 5 heteroatoms. The molecule has 0 aromatic heterocycles. The summed E-state index contributed by atoms with van der Waals surface area (Å²) in [4.78, 5) is 14.9. The molecule has 0 saturated heterocycles. The summed E-state index contributed by atoms with van der Waals surface area (Å²) in [5.74, 6) is 0.440. The molecule has 3 rings (SSSR count). The van der Waals surface area contributed by atoms with Gasteiger partial charge in [0.1, 0.15) is 12.4 Å². The van der Waals surface area contributed by atoms with Crippen molar-refractivity contribution in [2.75, 3.05) is 31.6 Å². The Hall–Kier alpha value is -2.82.